The maximum absolute atomic E-state index is 5.53. The second kappa shape index (κ2) is 7.00. The first-order valence-electron chi connectivity index (χ1n) is 7.45. The molecular weight excluding hydrogens is 320 g/mol. The smallest absolute Gasteiger partial charge is 0.240 e. The van der Waals surface area contributed by atoms with E-state index in [1.54, 1.807) is 9.80 Å². The van der Waals surface area contributed by atoms with E-state index in [4.69, 9.17) is 9.47 Å². The summed E-state index contributed by atoms with van der Waals surface area (Å²) in [6.07, 6.45) is 0.510. The van der Waals surface area contributed by atoms with E-state index in [9.17, 15) is 0 Å². The zero-order valence-electron chi connectivity index (χ0n) is 11.7. The summed E-state index contributed by atoms with van der Waals surface area (Å²) in [7, 11) is 0. The van der Waals surface area contributed by atoms with Crippen molar-refractivity contribution in [1.29, 1.82) is 0 Å². The summed E-state index contributed by atoms with van der Waals surface area (Å²) in [5.74, 6) is 0. The molecule has 0 aromatic heterocycles. The van der Waals surface area contributed by atoms with Crippen LogP contribution in [0.15, 0.2) is 28.7 Å². The summed E-state index contributed by atoms with van der Waals surface area (Å²) in [5.41, 5.74) is 1.43. The van der Waals surface area contributed by atoms with Gasteiger partial charge in [0, 0.05) is 4.47 Å². The molecule has 1 aromatic carbocycles. The minimum absolute atomic E-state index is 0.510. The van der Waals surface area contributed by atoms with Gasteiger partial charge in [0.25, 0.3) is 0 Å². The number of nitrogens with one attached hydrogen (secondary N) is 2. The van der Waals surface area contributed by atoms with Crippen molar-refractivity contribution < 1.29 is 19.3 Å². The highest BCUT2D eigenvalue weighted by Crippen LogP contribution is 2.13. The van der Waals surface area contributed by atoms with Crippen LogP contribution in [0, 0.1) is 0 Å². The topological polar surface area (TPSA) is 27.3 Å². The fourth-order valence-electron chi connectivity index (χ4n) is 3.26. The second-order valence-corrected chi connectivity index (χ2v) is 6.44. The van der Waals surface area contributed by atoms with Gasteiger partial charge in [-0.1, -0.05) is 15.9 Å². The Hall–Kier alpha value is -0.460. The number of hydrogen-bond acceptors (Lipinski definition) is 2. The van der Waals surface area contributed by atoms with Crippen molar-refractivity contribution in [3.63, 3.8) is 0 Å². The first kappa shape index (κ1) is 14.5. The van der Waals surface area contributed by atoms with Gasteiger partial charge >= 0.3 is 0 Å². The minimum atomic E-state index is 0.510. The molecule has 2 aliphatic rings. The Morgan fingerprint density at radius 3 is 1.70 bits per heavy atom. The molecule has 0 spiro atoms. The normalized spacial score (nSPS) is 22.3. The van der Waals surface area contributed by atoms with Gasteiger partial charge in [0.1, 0.15) is 26.2 Å². The molecule has 0 aliphatic carbocycles. The number of hydrogen-bond donors (Lipinski definition) is 2. The van der Waals surface area contributed by atoms with Gasteiger partial charge in [-0.2, -0.15) is 0 Å². The fourth-order valence-corrected chi connectivity index (χ4v) is 3.52. The Kier molecular flexibility index (Phi) is 5.07. The third-order valence-electron chi connectivity index (χ3n) is 4.29. The number of rotatable bonds is 3. The first-order valence-corrected chi connectivity index (χ1v) is 8.24. The monoisotopic (exact) mass is 342 g/mol. The van der Waals surface area contributed by atoms with Crippen LogP contribution in [-0.4, -0.2) is 52.6 Å². The number of halogens is 1. The summed E-state index contributed by atoms with van der Waals surface area (Å²) in [5, 5.41) is 0. The Bertz CT molecular complexity index is 396. The number of morpholine rings is 2. The van der Waals surface area contributed by atoms with E-state index in [1.165, 1.54) is 5.56 Å². The van der Waals surface area contributed by atoms with E-state index in [2.05, 4.69) is 40.2 Å². The van der Waals surface area contributed by atoms with Gasteiger partial charge in [-0.15, -0.1) is 0 Å². The maximum Gasteiger partial charge on any atom is 0.240 e. The van der Waals surface area contributed by atoms with Gasteiger partial charge < -0.3 is 9.47 Å². The Morgan fingerprint density at radius 1 is 0.800 bits per heavy atom. The lowest BCUT2D eigenvalue weighted by molar-refractivity contribution is -1.14. The SMILES string of the molecule is Brc1ccc(C([NH+]2CCOCC2)[NH+]2CCOCC2)cc1. The molecule has 4 nitrogen and oxygen atoms in total. The standard InChI is InChI=1S/C15H21BrN2O2/c16-14-3-1-13(2-4-14)15(17-5-9-19-10-6-17)18-7-11-20-12-8-18/h1-4,15H,5-12H2/p+2. The zero-order chi connectivity index (χ0) is 13.8. The summed E-state index contributed by atoms with van der Waals surface area (Å²) < 4.78 is 12.2. The van der Waals surface area contributed by atoms with Crippen LogP contribution < -0.4 is 9.80 Å². The van der Waals surface area contributed by atoms with Crippen LogP contribution in [0.1, 0.15) is 11.7 Å². The lowest BCUT2D eigenvalue weighted by atomic mass is 10.1. The van der Waals surface area contributed by atoms with E-state index >= 15 is 0 Å². The molecule has 110 valence electrons. The summed E-state index contributed by atoms with van der Waals surface area (Å²) in [6, 6.07) is 8.84. The Balaban J connectivity index is 1.83. The van der Waals surface area contributed by atoms with Crippen LogP contribution in [0.5, 0.6) is 0 Å². The number of benzene rings is 1. The quantitative estimate of drug-likeness (QED) is 0.758. The Labute approximate surface area is 128 Å². The van der Waals surface area contributed by atoms with Gasteiger partial charge in [-0.3, -0.25) is 9.80 Å². The molecule has 2 N–H and O–H groups in total. The predicted octanol–water partition coefficient (Wildman–Crippen LogP) is -0.722. The van der Waals surface area contributed by atoms with Crippen molar-refractivity contribution in [2.75, 3.05) is 52.6 Å². The van der Waals surface area contributed by atoms with Crippen LogP contribution in [-0.2, 0) is 9.47 Å². The summed E-state index contributed by atoms with van der Waals surface area (Å²) in [6.45, 7) is 7.93. The van der Waals surface area contributed by atoms with Crippen molar-refractivity contribution in [2.24, 2.45) is 0 Å². The molecule has 2 aliphatic heterocycles. The van der Waals surface area contributed by atoms with E-state index in [1.807, 2.05) is 0 Å². The Morgan fingerprint density at radius 2 is 1.25 bits per heavy atom. The third kappa shape index (κ3) is 3.40. The number of quaternary nitrogens is 2. The van der Waals surface area contributed by atoms with Crippen molar-refractivity contribution in [3.05, 3.63) is 34.3 Å². The number of ether oxygens (including phenoxy) is 2. The molecule has 0 saturated carbocycles. The summed E-state index contributed by atoms with van der Waals surface area (Å²) >= 11 is 3.53. The molecular formula is C15H23BrN2O2+2. The average Bonchev–Trinajstić information content (AvgIpc) is 2.52. The molecule has 0 radical (unpaired) electrons. The van der Waals surface area contributed by atoms with Crippen LogP contribution in [0.25, 0.3) is 0 Å². The fraction of sp³-hybridized carbons (Fsp3) is 0.600. The molecule has 20 heavy (non-hydrogen) atoms. The molecule has 2 fully saturated rings. The van der Waals surface area contributed by atoms with E-state index in [0.717, 1.165) is 57.1 Å². The summed E-state index contributed by atoms with van der Waals surface area (Å²) in [4.78, 5) is 3.30. The van der Waals surface area contributed by atoms with Crippen LogP contribution in [0.2, 0.25) is 0 Å². The van der Waals surface area contributed by atoms with E-state index < -0.39 is 0 Å². The molecule has 5 heteroatoms. The predicted molar refractivity (Wildman–Crippen MR) is 79.9 cm³/mol. The van der Waals surface area contributed by atoms with Gasteiger partial charge in [-0.25, -0.2) is 0 Å². The average molecular weight is 343 g/mol. The maximum atomic E-state index is 5.53. The molecule has 2 heterocycles. The highest BCUT2D eigenvalue weighted by atomic mass is 79.9. The first-order chi connectivity index (χ1) is 9.84. The molecule has 0 amide bonds. The molecule has 3 rings (SSSR count). The lowest BCUT2D eigenvalue weighted by Crippen LogP contribution is -3.32. The lowest BCUT2D eigenvalue weighted by Gasteiger charge is -2.37. The molecule has 0 unspecified atom stereocenters. The van der Waals surface area contributed by atoms with Gasteiger partial charge in [0.05, 0.1) is 32.0 Å². The van der Waals surface area contributed by atoms with Crippen LogP contribution >= 0.6 is 15.9 Å². The van der Waals surface area contributed by atoms with Crippen molar-refractivity contribution in [3.8, 4) is 0 Å². The van der Waals surface area contributed by atoms with Gasteiger partial charge in [-0.05, 0) is 24.3 Å². The highest BCUT2D eigenvalue weighted by molar-refractivity contribution is 9.10. The molecule has 2 saturated heterocycles. The van der Waals surface area contributed by atoms with Crippen molar-refractivity contribution in [1.82, 2.24) is 0 Å². The minimum Gasteiger partial charge on any atom is -0.370 e. The van der Waals surface area contributed by atoms with Crippen molar-refractivity contribution >= 4 is 15.9 Å². The van der Waals surface area contributed by atoms with E-state index in [-0.39, 0.29) is 0 Å². The largest absolute Gasteiger partial charge is 0.370 e. The van der Waals surface area contributed by atoms with E-state index in [0.29, 0.717) is 6.17 Å². The second-order valence-electron chi connectivity index (χ2n) is 5.53. The highest BCUT2D eigenvalue weighted by Gasteiger charge is 2.35. The van der Waals surface area contributed by atoms with Crippen LogP contribution in [0.4, 0.5) is 0 Å². The van der Waals surface area contributed by atoms with Gasteiger partial charge in [0.2, 0.25) is 6.17 Å². The zero-order valence-corrected chi connectivity index (χ0v) is 13.3. The van der Waals surface area contributed by atoms with Crippen molar-refractivity contribution in [2.45, 2.75) is 6.17 Å². The van der Waals surface area contributed by atoms with Gasteiger partial charge in [0.15, 0.2) is 0 Å². The molecule has 0 bridgehead atoms. The molecule has 1 aromatic rings. The molecule has 0 atom stereocenters. The van der Waals surface area contributed by atoms with Crippen LogP contribution in [0.3, 0.4) is 0 Å². The third-order valence-corrected chi connectivity index (χ3v) is 4.82.